The molecule has 156 valence electrons. The van der Waals surface area contributed by atoms with Crippen molar-refractivity contribution in [2.75, 3.05) is 0 Å². The van der Waals surface area contributed by atoms with Gasteiger partial charge in [-0.1, -0.05) is 19.9 Å². The molecule has 0 saturated carbocycles. The first-order chi connectivity index (χ1) is 13.8. The van der Waals surface area contributed by atoms with E-state index in [9.17, 15) is 19.7 Å². The second kappa shape index (κ2) is 9.81. The molecule has 2 atom stereocenters. The Morgan fingerprint density at radius 2 is 2.00 bits per heavy atom. The Morgan fingerprint density at radius 3 is 2.62 bits per heavy atom. The van der Waals surface area contributed by atoms with E-state index in [1.807, 2.05) is 27.7 Å². The molecule has 2 unspecified atom stereocenters. The number of oxazole rings is 1. The monoisotopic (exact) mass is 402 g/mol. The molecule has 1 aromatic carbocycles. The second-order valence-corrected chi connectivity index (χ2v) is 6.91. The first-order valence-corrected chi connectivity index (χ1v) is 9.57. The number of nitro benzene ring substituents is 1. The van der Waals surface area contributed by atoms with Crippen molar-refractivity contribution in [3.05, 3.63) is 57.8 Å². The number of hydrogen-bond acceptors (Lipinski definition) is 6. The molecule has 0 spiro atoms. The quantitative estimate of drug-likeness (QED) is 0.506. The van der Waals surface area contributed by atoms with Crippen molar-refractivity contribution in [3.8, 4) is 0 Å². The lowest BCUT2D eigenvalue weighted by atomic mass is 10.1. The van der Waals surface area contributed by atoms with Crippen LogP contribution >= 0.6 is 0 Å². The highest BCUT2D eigenvalue weighted by molar-refractivity contribution is 5.95. The smallest absolute Gasteiger partial charge is 0.273 e. The van der Waals surface area contributed by atoms with Gasteiger partial charge < -0.3 is 14.6 Å². The van der Waals surface area contributed by atoms with Gasteiger partial charge in [-0.2, -0.15) is 0 Å². The molecule has 0 radical (unpaired) electrons. The fourth-order valence-electron chi connectivity index (χ4n) is 2.60. The Balaban J connectivity index is 2.22. The van der Waals surface area contributed by atoms with E-state index in [-0.39, 0.29) is 53.3 Å². The van der Waals surface area contributed by atoms with Gasteiger partial charge in [0.1, 0.15) is 6.26 Å². The van der Waals surface area contributed by atoms with Crippen molar-refractivity contribution >= 4 is 17.5 Å². The average Bonchev–Trinajstić information content (AvgIpc) is 3.19. The van der Waals surface area contributed by atoms with Crippen LogP contribution in [0.1, 0.15) is 67.3 Å². The number of benzene rings is 1. The predicted octanol–water partition coefficient (Wildman–Crippen LogP) is 3.55. The zero-order valence-corrected chi connectivity index (χ0v) is 17.0. The minimum Gasteiger partial charge on any atom is -0.446 e. The van der Waals surface area contributed by atoms with E-state index in [0.717, 1.165) is 6.42 Å². The topological polar surface area (TPSA) is 119 Å². The van der Waals surface area contributed by atoms with Gasteiger partial charge in [-0.3, -0.25) is 19.7 Å². The number of hydrogen-bond donors (Lipinski definition) is 1. The Bertz CT molecular complexity index is 879. The molecule has 9 heteroatoms. The normalized spacial score (nSPS) is 12.8. The van der Waals surface area contributed by atoms with Crippen molar-refractivity contribution in [1.29, 1.82) is 0 Å². The number of aromatic nitrogens is 1. The fraction of sp³-hybridized carbons (Fsp3) is 0.450. The number of amides is 2. The number of nitrogens with zero attached hydrogens (tertiary/aromatic N) is 3. The number of non-ortho nitro benzene ring substituents is 1. The van der Waals surface area contributed by atoms with Crippen LogP contribution in [0.25, 0.3) is 0 Å². The largest absolute Gasteiger partial charge is 0.446 e. The minimum atomic E-state index is -0.541. The van der Waals surface area contributed by atoms with Gasteiger partial charge in [0.25, 0.3) is 17.5 Å². The van der Waals surface area contributed by atoms with Crippen molar-refractivity contribution in [2.45, 2.75) is 59.2 Å². The summed E-state index contributed by atoms with van der Waals surface area (Å²) >= 11 is 0. The van der Waals surface area contributed by atoms with Gasteiger partial charge in [0.15, 0.2) is 5.69 Å². The van der Waals surface area contributed by atoms with Crippen molar-refractivity contribution in [2.24, 2.45) is 0 Å². The van der Waals surface area contributed by atoms with Gasteiger partial charge in [-0.05, 0) is 32.8 Å². The molecule has 0 aliphatic heterocycles. The molecule has 29 heavy (non-hydrogen) atoms. The van der Waals surface area contributed by atoms with E-state index >= 15 is 0 Å². The van der Waals surface area contributed by atoms with Gasteiger partial charge in [0.05, 0.1) is 11.5 Å². The first-order valence-electron chi connectivity index (χ1n) is 9.57. The molecule has 1 N–H and O–H groups in total. The van der Waals surface area contributed by atoms with E-state index in [1.165, 1.54) is 35.4 Å². The third kappa shape index (κ3) is 5.63. The third-order valence-corrected chi connectivity index (χ3v) is 4.77. The predicted molar refractivity (Wildman–Crippen MR) is 106 cm³/mol. The summed E-state index contributed by atoms with van der Waals surface area (Å²) in [7, 11) is 0. The first kappa shape index (κ1) is 22.1. The van der Waals surface area contributed by atoms with Gasteiger partial charge in [-0.25, -0.2) is 4.98 Å². The number of nitrogens with one attached hydrogen (secondary N) is 1. The molecule has 0 fully saturated rings. The van der Waals surface area contributed by atoms with Crippen LogP contribution in [0.15, 0.2) is 34.9 Å². The van der Waals surface area contributed by atoms with E-state index in [1.54, 1.807) is 0 Å². The van der Waals surface area contributed by atoms with Crippen LogP contribution in [0.3, 0.4) is 0 Å². The summed E-state index contributed by atoms with van der Waals surface area (Å²) in [5.74, 6) is -0.486. The van der Waals surface area contributed by atoms with Crippen LogP contribution in [-0.4, -0.2) is 38.7 Å². The zero-order chi connectivity index (χ0) is 21.6. The van der Waals surface area contributed by atoms with Gasteiger partial charge >= 0.3 is 0 Å². The zero-order valence-electron chi connectivity index (χ0n) is 17.0. The van der Waals surface area contributed by atoms with Gasteiger partial charge in [0, 0.05) is 29.8 Å². The fourth-order valence-corrected chi connectivity index (χ4v) is 2.60. The molecule has 9 nitrogen and oxygen atoms in total. The molecule has 0 saturated heterocycles. The van der Waals surface area contributed by atoms with Crippen LogP contribution in [0.4, 0.5) is 5.69 Å². The van der Waals surface area contributed by atoms with Gasteiger partial charge in [0.2, 0.25) is 5.89 Å². The highest BCUT2D eigenvalue weighted by atomic mass is 16.6. The summed E-state index contributed by atoms with van der Waals surface area (Å²) < 4.78 is 5.40. The van der Waals surface area contributed by atoms with Crippen LogP contribution in [0.5, 0.6) is 0 Å². The van der Waals surface area contributed by atoms with E-state index in [2.05, 4.69) is 10.3 Å². The Labute approximate surface area is 169 Å². The summed E-state index contributed by atoms with van der Waals surface area (Å²) in [4.78, 5) is 41.4. The summed E-state index contributed by atoms with van der Waals surface area (Å²) in [5.41, 5.74) is 0.202. The standard InChI is InChI=1S/C20H26N4O5/c1-5-13(3)21-19(25)17-12-29-18(22-17)11-23(14(4)6-2)20(26)15-8-7-9-16(10-15)24(27)28/h7-10,12-14H,5-6,11H2,1-4H3,(H,21,25). The maximum absolute atomic E-state index is 13.0. The summed E-state index contributed by atoms with van der Waals surface area (Å²) in [5, 5.41) is 13.8. The van der Waals surface area contributed by atoms with E-state index in [0.29, 0.717) is 6.42 Å². The molecule has 0 aliphatic rings. The summed E-state index contributed by atoms with van der Waals surface area (Å²) in [6, 6.07) is 5.44. The van der Waals surface area contributed by atoms with E-state index in [4.69, 9.17) is 4.42 Å². The molecule has 2 amide bonds. The summed E-state index contributed by atoms with van der Waals surface area (Å²) in [6.45, 7) is 7.70. The Kier molecular flexibility index (Phi) is 7.46. The van der Waals surface area contributed by atoms with Crippen LogP contribution in [0, 0.1) is 10.1 Å². The maximum atomic E-state index is 13.0. The molecule has 2 rings (SSSR count). The average molecular weight is 402 g/mol. The van der Waals surface area contributed by atoms with Crippen molar-refractivity contribution in [1.82, 2.24) is 15.2 Å². The highest BCUT2D eigenvalue weighted by Crippen LogP contribution is 2.19. The Hall–Kier alpha value is -3.23. The molecule has 1 aromatic heterocycles. The van der Waals surface area contributed by atoms with Crippen LogP contribution in [0.2, 0.25) is 0 Å². The van der Waals surface area contributed by atoms with Crippen molar-refractivity contribution < 1.29 is 18.9 Å². The molecule has 1 heterocycles. The maximum Gasteiger partial charge on any atom is 0.273 e. The highest BCUT2D eigenvalue weighted by Gasteiger charge is 2.25. The van der Waals surface area contributed by atoms with Crippen molar-refractivity contribution in [3.63, 3.8) is 0 Å². The van der Waals surface area contributed by atoms with Gasteiger partial charge in [-0.15, -0.1) is 0 Å². The summed E-state index contributed by atoms with van der Waals surface area (Å²) in [6.07, 6.45) is 2.72. The molecular formula is C20H26N4O5. The van der Waals surface area contributed by atoms with Crippen LogP contribution in [-0.2, 0) is 6.54 Å². The van der Waals surface area contributed by atoms with Crippen LogP contribution < -0.4 is 5.32 Å². The minimum absolute atomic E-state index is 0.00899. The lowest BCUT2D eigenvalue weighted by molar-refractivity contribution is -0.384. The molecule has 0 bridgehead atoms. The second-order valence-electron chi connectivity index (χ2n) is 6.91. The number of nitro groups is 1. The molecule has 0 aliphatic carbocycles. The molecule has 2 aromatic rings. The number of carbonyl (C=O) groups is 2. The molecular weight excluding hydrogens is 376 g/mol. The third-order valence-electron chi connectivity index (χ3n) is 4.77. The Morgan fingerprint density at radius 1 is 1.28 bits per heavy atom. The SMILES string of the molecule is CCC(C)NC(=O)c1coc(CN(C(=O)c2cccc([N+](=O)[O-])c2)C(C)CC)n1. The number of carbonyl (C=O) groups excluding carboxylic acids is 2. The number of rotatable bonds is 9. The lowest BCUT2D eigenvalue weighted by Gasteiger charge is -2.27. The van der Waals surface area contributed by atoms with E-state index < -0.39 is 4.92 Å². The lowest BCUT2D eigenvalue weighted by Crippen LogP contribution is -2.38.